The number of benzene rings is 2. The zero-order valence-corrected chi connectivity index (χ0v) is 15.6. The van der Waals surface area contributed by atoms with Gasteiger partial charge in [0.15, 0.2) is 0 Å². The summed E-state index contributed by atoms with van der Waals surface area (Å²) < 4.78 is 28.3. The van der Waals surface area contributed by atoms with E-state index in [0.29, 0.717) is 11.6 Å². The van der Waals surface area contributed by atoms with E-state index in [-0.39, 0.29) is 4.90 Å². The lowest BCUT2D eigenvalue weighted by atomic mass is 10.1. The van der Waals surface area contributed by atoms with Crippen LogP contribution in [0.5, 0.6) is 0 Å². The summed E-state index contributed by atoms with van der Waals surface area (Å²) in [6, 6.07) is 18.0. The summed E-state index contributed by atoms with van der Waals surface area (Å²) in [5.74, 6) is 1.62. The predicted octanol–water partition coefficient (Wildman–Crippen LogP) is 3.58. The van der Waals surface area contributed by atoms with Crippen LogP contribution in [0.25, 0.3) is 11.3 Å². The summed E-state index contributed by atoms with van der Waals surface area (Å²) >= 11 is 6.00. The van der Waals surface area contributed by atoms with Crippen LogP contribution >= 0.6 is 11.6 Å². The minimum atomic E-state index is -3.64. The average molecular weight is 391 g/mol. The van der Waals surface area contributed by atoms with E-state index in [1.807, 2.05) is 36.4 Å². The molecule has 2 aromatic carbocycles. The van der Waals surface area contributed by atoms with Gasteiger partial charge in [-0.3, -0.25) is 0 Å². The van der Waals surface area contributed by atoms with Crippen molar-refractivity contribution in [1.29, 1.82) is 0 Å². The van der Waals surface area contributed by atoms with E-state index < -0.39 is 10.0 Å². The summed E-state index contributed by atoms with van der Waals surface area (Å²) in [6.07, 6.45) is 0.771. The monoisotopic (exact) mass is 390 g/mol. The van der Waals surface area contributed by atoms with Crippen molar-refractivity contribution in [3.05, 3.63) is 77.0 Å². The van der Waals surface area contributed by atoms with Gasteiger partial charge in [-0.15, -0.1) is 0 Å². The van der Waals surface area contributed by atoms with E-state index in [9.17, 15) is 8.42 Å². The van der Waals surface area contributed by atoms with Crippen LogP contribution in [0.4, 0.5) is 0 Å². The second-order valence-corrected chi connectivity index (χ2v) is 7.89. The molecule has 0 spiro atoms. The van der Waals surface area contributed by atoms with E-state index in [4.69, 9.17) is 21.2 Å². The molecule has 7 heteroatoms. The Labute approximate surface area is 157 Å². The molecule has 3 rings (SSSR count). The number of hydrogen-bond acceptors (Lipinski definition) is 4. The standard InChI is InChI=1S/C19H19ClN2O3S/c20-16-3-1-2-15(12-16)19-9-6-17(25-19)13-22-11-10-14-4-7-18(8-5-14)26(21,23)24/h1-9,12,22H,10-11,13H2,(H2,21,23,24). The van der Waals surface area contributed by atoms with Crippen molar-refractivity contribution in [2.24, 2.45) is 5.14 Å². The SMILES string of the molecule is NS(=O)(=O)c1ccc(CCNCc2ccc(-c3cccc(Cl)c3)o2)cc1. The Bertz CT molecular complexity index is 982. The number of primary sulfonamides is 1. The zero-order chi connectivity index (χ0) is 18.6. The maximum Gasteiger partial charge on any atom is 0.238 e. The molecular weight excluding hydrogens is 372 g/mol. The van der Waals surface area contributed by atoms with Gasteiger partial charge < -0.3 is 9.73 Å². The molecule has 1 aromatic heterocycles. The Morgan fingerprint density at radius 3 is 2.50 bits per heavy atom. The van der Waals surface area contributed by atoms with E-state index in [2.05, 4.69) is 5.32 Å². The van der Waals surface area contributed by atoms with Gasteiger partial charge in [-0.25, -0.2) is 13.6 Å². The number of halogens is 1. The van der Waals surface area contributed by atoms with E-state index in [1.54, 1.807) is 12.1 Å². The minimum Gasteiger partial charge on any atom is -0.460 e. The number of hydrogen-bond donors (Lipinski definition) is 2. The fraction of sp³-hybridized carbons (Fsp3) is 0.158. The smallest absolute Gasteiger partial charge is 0.238 e. The van der Waals surface area contributed by atoms with Gasteiger partial charge >= 0.3 is 0 Å². The summed E-state index contributed by atoms with van der Waals surface area (Å²) in [6.45, 7) is 1.34. The van der Waals surface area contributed by atoms with E-state index in [0.717, 1.165) is 35.6 Å². The maximum atomic E-state index is 11.2. The molecule has 0 radical (unpaired) electrons. The molecule has 0 aliphatic rings. The summed E-state index contributed by atoms with van der Waals surface area (Å²) in [5, 5.41) is 9.07. The lowest BCUT2D eigenvalue weighted by molar-refractivity contribution is 0.494. The molecule has 1 heterocycles. The Hall–Kier alpha value is -2.12. The van der Waals surface area contributed by atoms with Crippen molar-refractivity contribution in [3.8, 4) is 11.3 Å². The van der Waals surface area contributed by atoms with Gasteiger partial charge in [-0.2, -0.15) is 0 Å². The number of sulfonamides is 1. The molecule has 0 aliphatic heterocycles. The van der Waals surface area contributed by atoms with Gasteiger partial charge in [0.2, 0.25) is 10.0 Å². The second kappa shape index (κ2) is 8.05. The lowest BCUT2D eigenvalue weighted by Gasteiger charge is -2.05. The average Bonchev–Trinajstić information content (AvgIpc) is 3.07. The molecule has 0 amide bonds. The lowest BCUT2D eigenvalue weighted by Crippen LogP contribution is -2.16. The number of furan rings is 1. The molecule has 3 N–H and O–H groups in total. The Morgan fingerprint density at radius 1 is 1.04 bits per heavy atom. The van der Waals surface area contributed by atoms with Crippen molar-refractivity contribution >= 4 is 21.6 Å². The third kappa shape index (κ3) is 4.95. The van der Waals surface area contributed by atoms with E-state index >= 15 is 0 Å². The highest BCUT2D eigenvalue weighted by Crippen LogP contribution is 2.24. The molecule has 0 aliphatic carbocycles. The van der Waals surface area contributed by atoms with Crippen molar-refractivity contribution < 1.29 is 12.8 Å². The van der Waals surface area contributed by atoms with Gasteiger partial charge in [0.05, 0.1) is 11.4 Å². The molecule has 0 saturated heterocycles. The van der Waals surface area contributed by atoms with Crippen LogP contribution < -0.4 is 10.5 Å². The highest BCUT2D eigenvalue weighted by molar-refractivity contribution is 7.89. The van der Waals surface area contributed by atoms with Crippen LogP contribution in [-0.2, 0) is 23.0 Å². The quantitative estimate of drug-likeness (QED) is 0.604. The summed E-state index contributed by atoms with van der Waals surface area (Å²) in [5.41, 5.74) is 1.97. The molecule has 0 fully saturated rings. The topological polar surface area (TPSA) is 85.3 Å². The van der Waals surface area contributed by atoms with Crippen LogP contribution in [-0.4, -0.2) is 15.0 Å². The molecule has 0 bridgehead atoms. The van der Waals surface area contributed by atoms with Crippen LogP contribution in [0.3, 0.4) is 0 Å². The largest absolute Gasteiger partial charge is 0.460 e. The van der Waals surface area contributed by atoms with Crippen LogP contribution in [0.2, 0.25) is 5.02 Å². The van der Waals surface area contributed by atoms with Gasteiger partial charge in [0, 0.05) is 10.6 Å². The molecule has 136 valence electrons. The highest BCUT2D eigenvalue weighted by atomic mass is 35.5. The van der Waals surface area contributed by atoms with Crippen LogP contribution in [0, 0.1) is 0 Å². The van der Waals surface area contributed by atoms with Gasteiger partial charge in [-0.05, 0) is 54.9 Å². The molecule has 0 saturated carbocycles. The summed E-state index contributed by atoms with van der Waals surface area (Å²) in [4.78, 5) is 0.123. The summed E-state index contributed by atoms with van der Waals surface area (Å²) in [7, 11) is -3.64. The van der Waals surface area contributed by atoms with Gasteiger partial charge in [0.25, 0.3) is 0 Å². The van der Waals surface area contributed by atoms with Crippen LogP contribution in [0.15, 0.2) is 70.0 Å². The third-order valence-corrected chi connectivity index (χ3v) is 5.08. The molecule has 5 nitrogen and oxygen atoms in total. The third-order valence-electron chi connectivity index (χ3n) is 3.91. The normalized spacial score (nSPS) is 11.6. The number of rotatable bonds is 7. The molecule has 0 atom stereocenters. The molecule has 26 heavy (non-hydrogen) atoms. The molecule has 3 aromatic rings. The molecular formula is C19H19ClN2O3S. The first-order valence-electron chi connectivity index (χ1n) is 8.09. The van der Waals surface area contributed by atoms with Gasteiger partial charge in [-0.1, -0.05) is 35.9 Å². The number of nitrogens with one attached hydrogen (secondary N) is 1. The fourth-order valence-corrected chi connectivity index (χ4v) is 3.27. The fourth-order valence-electron chi connectivity index (χ4n) is 2.56. The van der Waals surface area contributed by atoms with Crippen molar-refractivity contribution in [2.75, 3.05) is 6.54 Å². The maximum absolute atomic E-state index is 11.2. The number of nitrogens with two attached hydrogens (primary N) is 1. The minimum absolute atomic E-state index is 0.123. The van der Waals surface area contributed by atoms with Crippen LogP contribution in [0.1, 0.15) is 11.3 Å². The Balaban J connectivity index is 1.50. The Kier molecular flexibility index (Phi) is 5.78. The highest BCUT2D eigenvalue weighted by Gasteiger charge is 2.07. The first-order valence-corrected chi connectivity index (χ1v) is 10.0. The van der Waals surface area contributed by atoms with Crippen molar-refractivity contribution in [3.63, 3.8) is 0 Å². The molecule has 0 unspecified atom stereocenters. The first-order chi connectivity index (χ1) is 12.4. The first kappa shape index (κ1) is 18.7. The van der Waals surface area contributed by atoms with Gasteiger partial charge in [0.1, 0.15) is 11.5 Å². The Morgan fingerprint density at radius 2 is 1.81 bits per heavy atom. The zero-order valence-electron chi connectivity index (χ0n) is 14.0. The predicted molar refractivity (Wildman–Crippen MR) is 102 cm³/mol. The van der Waals surface area contributed by atoms with Crippen molar-refractivity contribution in [2.45, 2.75) is 17.9 Å². The van der Waals surface area contributed by atoms with E-state index in [1.165, 1.54) is 12.1 Å². The van der Waals surface area contributed by atoms with Crippen molar-refractivity contribution in [1.82, 2.24) is 5.32 Å². The second-order valence-electron chi connectivity index (χ2n) is 5.89.